The van der Waals surface area contributed by atoms with E-state index < -0.39 is 0 Å². The van der Waals surface area contributed by atoms with Crippen LogP contribution in [-0.2, 0) is 14.3 Å². The molecule has 4 fully saturated rings. The molecule has 0 aliphatic carbocycles. The van der Waals surface area contributed by atoms with Crippen molar-refractivity contribution >= 4 is 31.2 Å². The number of fused-ring (bicyclic) bond motifs is 1. The third-order valence-corrected chi connectivity index (χ3v) is 11.5. The first-order chi connectivity index (χ1) is 22.9. The maximum absolute atomic E-state index is 11.2. The minimum Gasteiger partial charge on any atom is -0.512 e. The van der Waals surface area contributed by atoms with Crippen LogP contribution < -0.4 is 0 Å². The van der Waals surface area contributed by atoms with E-state index in [9.17, 15) is 9.90 Å². The lowest BCUT2D eigenvalue weighted by Crippen LogP contribution is -2.54. The summed E-state index contributed by atoms with van der Waals surface area (Å²) in [5, 5.41) is 18.5. The van der Waals surface area contributed by atoms with E-state index in [1.807, 2.05) is 48.5 Å². The second-order valence-corrected chi connectivity index (χ2v) is 17.0. The van der Waals surface area contributed by atoms with Gasteiger partial charge >= 0.3 is 0 Å². The number of carbonyl (C=O) groups is 1. The predicted octanol–water partition coefficient (Wildman–Crippen LogP) is 10.6. The summed E-state index contributed by atoms with van der Waals surface area (Å²) in [5.74, 6) is 1.20. The summed E-state index contributed by atoms with van der Waals surface area (Å²) in [6.45, 7) is 34.0. The molecular weight excluding hydrogens is 663 g/mol. The number of ether oxygens (including phenoxy) is 2. The predicted molar refractivity (Wildman–Crippen MR) is 222 cm³/mol. The highest BCUT2D eigenvalue weighted by molar-refractivity contribution is 7.81. The SMILES string of the molecule is C.C=C(O)C(C)(C)CC(C)(C)C(S)CCS.CC.CC.CC1CC2(CN3CCC(C)(C)CC3)OCCCC2O1.CCC(=O)N1CCCC1C#N. The minimum atomic E-state index is -0.249. The van der Waals surface area contributed by atoms with Gasteiger partial charge in [0.2, 0.25) is 5.91 Å². The molecule has 50 heavy (non-hydrogen) atoms. The zero-order valence-corrected chi connectivity index (χ0v) is 35.5. The number of likely N-dealkylation sites (tertiary alicyclic amines) is 2. The van der Waals surface area contributed by atoms with Crippen molar-refractivity contribution in [3.05, 3.63) is 12.3 Å². The van der Waals surface area contributed by atoms with Gasteiger partial charge in [-0.2, -0.15) is 30.5 Å². The maximum Gasteiger partial charge on any atom is 0.223 e. The highest BCUT2D eigenvalue weighted by atomic mass is 32.1. The molecule has 4 heterocycles. The van der Waals surface area contributed by atoms with Crippen molar-refractivity contribution in [1.82, 2.24) is 9.80 Å². The van der Waals surface area contributed by atoms with E-state index >= 15 is 0 Å². The Balaban J connectivity index is 0. The van der Waals surface area contributed by atoms with Gasteiger partial charge in [-0.3, -0.25) is 4.79 Å². The second-order valence-electron chi connectivity index (χ2n) is 15.9. The summed E-state index contributed by atoms with van der Waals surface area (Å²) >= 11 is 8.84. The smallest absolute Gasteiger partial charge is 0.223 e. The number of aliphatic hydroxyl groups excluding tert-OH is 1. The Kier molecular flexibility index (Phi) is 25.0. The zero-order valence-electron chi connectivity index (χ0n) is 33.7. The van der Waals surface area contributed by atoms with E-state index in [-0.39, 0.29) is 41.6 Å². The molecule has 0 aromatic carbocycles. The van der Waals surface area contributed by atoms with Gasteiger partial charge in [0.1, 0.15) is 11.6 Å². The number of hydrogen-bond donors (Lipinski definition) is 3. The van der Waals surface area contributed by atoms with E-state index in [1.165, 1.54) is 32.4 Å². The Bertz CT molecular complexity index is 989. The van der Waals surface area contributed by atoms with Crippen molar-refractivity contribution in [3.8, 4) is 6.07 Å². The van der Waals surface area contributed by atoms with Crippen LogP contribution in [0.25, 0.3) is 0 Å². The number of carbonyl (C=O) groups excluding carboxylic acids is 1. The van der Waals surface area contributed by atoms with Crippen molar-refractivity contribution in [2.45, 2.75) is 184 Å². The number of nitrogens with zero attached hydrogens (tertiary/aromatic N) is 3. The number of rotatable bonds is 9. The van der Waals surface area contributed by atoms with Crippen LogP contribution in [0.1, 0.15) is 155 Å². The molecule has 4 aliphatic rings. The van der Waals surface area contributed by atoms with Gasteiger partial charge in [-0.05, 0) is 88.0 Å². The van der Waals surface area contributed by atoms with Gasteiger partial charge in [0.25, 0.3) is 0 Å². The number of aliphatic hydroxyl groups is 1. The molecule has 5 atom stereocenters. The summed E-state index contributed by atoms with van der Waals surface area (Å²) in [4.78, 5) is 15.5. The van der Waals surface area contributed by atoms with Gasteiger partial charge in [0.15, 0.2) is 0 Å². The van der Waals surface area contributed by atoms with Gasteiger partial charge in [-0.1, -0.05) is 90.2 Å². The first-order valence-electron chi connectivity index (χ1n) is 19.3. The maximum atomic E-state index is 11.2. The average molecular weight is 744 g/mol. The Morgan fingerprint density at radius 1 is 1.08 bits per heavy atom. The number of amides is 1. The molecule has 0 spiro atoms. The van der Waals surface area contributed by atoms with Crippen LogP contribution in [0.2, 0.25) is 0 Å². The third-order valence-electron chi connectivity index (χ3n) is 10.3. The quantitative estimate of drug-likeness (QED) is 0.161. The summed E-state index contributed by atoms with van der Waals surface area (Å²) in [6, 6.07) is 1.98. The van der Waals surface area contributed by atoms with Gasteiger partial charge in [-0.15, -0.1) is 0 Å². The van der Waals surface area contributed by atoms with Crippen LogP contribution in [0, 0.1) is 27.6 Å². The van der Waals surface area contributed by atoms with Crippen LogP contribution in [0.4, 0.5) is 0 Å². The topological polar surface area (TPSA) is 86.0 Å². The van der Waals surface area contributed by atoms with Crippen LogP contribution in [0.3, 0.4) is 0 Å². The van der Waals surface area contributed by atoms with Crippen molar-refractivity contribution in [2.75, 3.05) is 38.5 Å². The summed E-state index contributed by atoms with van der Waals surface area (Å²) in [5.41, 5.74) is 0.349. The monoisotopic (exact) mass is 744 g/mol. The average Bonchev–Trinajstić information content (AvgIpc) is 3.67. The minimum absolute atomic E-state index is 0. The molecule has 0 aromatic heterocycles. The number of allylic oxidation sites excluding steroid dienone is 1. The van der Waals surface area contributed by atoms with Crippen LogP contribution >= 0.6 is 25.3 Å². The molecular formula is C41H81N3O4S2. The molecule has 1 N–H and O–H groups in total. The number of hydrogen-bond acceptors (Lipinski definition) is 8. The lowest BCUT2D eigenvalue weighted by Gasteiger charge is -2.44. The summed E-state index contributed by atoms with van der Waals surface area (Å²) < 4.78 is 12.3. The van der Waals surface area contributed by atoms with Crippen molar-refractivity contribution in [1.29, 1.82) is 5.26 Å². The first kappa shape index (κ1) is 51.2. The lowest BCUT2D eigenvalue weighted by atomic mass is 9.72. The number of nitriles is 1. The van der Waals surface area contributed by atoms with E-state index in [2.05, 4.69) is 77.4 Å². The molecule has 5 unspecified atom stereocenters. The second kappa shape index (κ2) is 24.4. The molecule has 7 nitrogen and oxygen atoms in total. The van der Waals surface area contributed by atoms with Gasteiger partial charge in [-0.25, -0.2) is 0 Å². The molecule has 0 bridgehead atoms. The molecule has 0 aromatic rings. The molecule has 0 radical (unpaired) electrons. The van der Waals surface area contributed by atoms with E-state index in [0.717, 1.165) is 64.0 Å². The Hall–Kier alpha value is -0.920. The fraction of sp³-hybridized carbons (Fsp3) is 0.902. The lowest BCUT2D eigenvalue weighted by molar-refractivity contribution is -0.140. The zero-order chi connectivity index (χ0) is 38.1. The molecule has 0 saturated carbocycles. The standard InChI is InChI=1S/C16H29NO2.C12H24OS2.C8H12N2O.2C2H6.CH4/c1-13-11-16(14(19-13)5-4-10-18-16)12-17-8-6-15(2,3)7-9-17;1-9(13)11(2,3)8-12(4,5)10(15)6-7-14;1-2-8(11)10-5-3-4-7(10)6-9;2*1-2;/h13-14H,4-12H2,1-3H3;10,13-15H,1,6-8H2,2-5H3;7H,2-5H2,1H3;2*1-2H3;1H4. The Morgan fingerprint density at radius 3 is 2.16 bits per heavy atom. The molecule has 4 aliphatic heterocycles. The molecule has 296 valence electrons. The summed E-state index contributed by atoms with van der Waals surface area (Å²) in [7, 11) is 0. The van der Waals surface area contributed by atoms with Gasteiger partial charge in [0.05, 0.1) is 24.0 Å². The van der Waals surface area contributed by atoms with E-state index in [0.29, 0.717) is 29.3 Å². The van der Waals surface area contributed by atoms with Crippen LogP contribution in [-0.4, -0.2) is 88.5 Å². The van der Waals surface area contributed by atoms with Gasteiger partial charge in [0, 0.05) is 43.2 Å². The molecule has 1 amide bonds. The highest BCUT2D eigenvalue weighted by Gasteiger charge is 2.51. The fourth-order valence-corrected chi connectivity index (χ4v) is 7.96. The normalized spacial score (nSPS) is 26.3. The van der Waals surface area contributed by atoms with Crippen LogP contribution in [0.5, 0.6) is 0 Å². The largest absolute Gasteiger partial charge is 0.512 e. The van der Waals surface area contributed by atoms with Gasteiger partial charge < -0.3 is 24.4 Å². The first-order valence-corrected chi connectivity index (χ1v) is 20.4. The Labute approximate surface area is 321 Å². The van der Waals surface area contributed by atoms with Crippen LogP contribution in [0.15, 0.2) is 12.3 Å². The third kappa shape index (κ3) is 16.4. The van der Waals surface area contributed by atoms with E-state index in [4.69, 9.17) is 14.7 Å². The molecule has 4 saturated heterocycles. The Morgan fingerprint density at radius 2 is 1.66 bits per heavy atom. The molecule has 9 heteroatoms. The van der Waals surface area contributed by atoms with E-state index in [1.54, 1.807) is 4.90 Å². The highest BCUT2D eigenvalue weighted by Crippen LogP contribution is 2.43. The molecule has 4 rings (SSSR count). The number of piperidine rings is 1. The number of thiol groups is 2. The van der Waals surface area contributed by atoms with Crippen molar-refractivity contribution in [3.63, 3.8) is 0 Å². The fourth-order valence-electron chi connectivity index (χ4n) is 7.28. The van der Waals surface area contributed by atoms with Crippen molar-refractivity contribution in [2.24, 2.45) is 16.2 Å². The van der Waals surface area contributed by atoms with Crippen molar-refractivity contribution < 1.29 is 19.4 Å². The summed E-state index contributed by atoms with van der Waals surface area (Å²) in [6.07, 6.45) is 10.9.